The number of pyridine rings is 1. The lowest BCUT2D eigenvalue weighted by Gasteiger charge is -2.36. The number of nitrogens with two attached hydrogens (primary N) is 1. The number of hydrogen-bond donors (Lipinski definition) is 1. The smallest absolute Gasteiger partial charge is 0.0674 e. The van der Waals surface area contributed by atoms with Gasteiger partial charge in [0.25, 0.3) is 0 Å². The van der Waals surface area contributed by atoms with Gasteiger partial charge in [0.15, 0.2) is 0 Å². The molecule has 1 aromatic heterocycles. The van der Waals surface area contributed by atoms with Crippen molar-refractivity contribution in [2.75, 3.05) is 26.2 Å². The predicted molar refractivity (Wildman–Crippen MR) is 67.8 cm³/mol. The zero-order valence-electron chi connectivity index (χ0n) is 10.6. The Balaban J connectivity index is 2.12. The van der Waals surface area contributed by atoms with E-state index in [0.29, 0.717) is 6.54 Å². The minimum atomic E-state index is 0.259. The maximum atomic E-state index is 5.91. The SMILES string of the molecule is Cc1ccc(C(CN)N2CCOC(C)C2)cn1. The van der Waals surface area contributed by atoms with Crippen molar-refractivity contribution in [2.45, 2.75) is 26.0 Å². The molecule has 2 unspecified atom stereocenters. The zero-order chi connectivity index (χ0) is 12.3. The Kier molecular flexibility index (Phi) is 4.10. The summed E-state index contributed by atoms with van der Waals surface area (Å²) in [5, 5.41) is 0. The van der Waals surface area contributed by atoms with Gasteiger partial charge >= 0.3 is 0 Å². The highest BCUT2D eigenvalue weighted by molar-refractivity contribution is 5.18. The van der Waals surface area contributed by atoms with Crippen LogP contribution in [0.3, 0.4) is 0 Å². The van der Waals surface area contributed by atoms with Gasteiger partial charge in [0.05, 0.1) is 12.7 Å². The molecule has 2 rings (SSSR count). The van der Waals surface area contributed by atoms with E-state index in [0.717, 1.165) is 25.4 Å². The summed E-state index contributed by atoms with van der Waals surface area (Å²) in [5.74, 6) is 0. The van der Waals surface area contributed by atoms with Crippen LogP contribution in [0.1, 0.15) is 24.2 Å². The van der Waals surface area contributed by atoms with Crippen LogP contribution in [0.25, 0.3) is 0 Å². The van der Waals surface area contributed by atoms with E-state index in [2.05, 4.69) is 22.9 Å². The van der Waals surface area contributed by atoms with Gasteiger partial charge in [-0.3, -0.25) is 9.88 Å². The predicted octanol–water partition coefficient (Wildman–Crippen LogP) is 1.11. The van der Waals surface area contributed by atoms with Crippen LogP contribution in [0.5, 0.6) is 0 Å². The molecule has 2 heterocycles. The van der Waals surface area contributed by atoms with Gasteiger partial charge in [-0.25, -0.2) is 0 Å². The van der Waals surface area contributed by atoms with Crippen LogP contribution in [0, 0.1) is 6.92 Å². The third kappa shape index (κ3) is 3.03. The first kappa shape index (κ1) is 12.5. The molecule has 1 aliphatic rings. The Labute approximate surface area is 103 Å². The Morgan fingerprint density at radius 3 is 3.00 bits per heavy atom. The topological polar surface area (TPSA) is 51.4 Å². The molecule has 0 spiro atoms. The van der Waals surface area contributed by atoms with Gasteiger partial charge in [-0.05, 0) is 25.5 Å². The van der Waals surface area contributed by atoms with Crippen LogP contribution in [-0.4, -0.2) is 42.2 Å². The average molecular weight is 235 g/mol. The van der Waals surface area contributed by atoms with Crippen LogP contribution >= 0.6 is 0 Å². The molecule has 0 bridgehead atoms. The minimum absolute atomic E-state index is 0.259. The molecule has 1 aliphatic heterocycles. The highest BCUT2D eigenvalue weighted by atomic mass is 16.5. The summed E-state index contributed by atoms with van der Waals surface area (Å²) in [6.45, 7) is 7.40. The van der Waals surface area contributed by atoms with Gasteiger partial charge in [-0.1, -0.05) is 6.07 Å². The second kappa shape index (κ2) is 5.58. The Hall–Kier alpha value is -0.970. The molecule has 2 atom stereocenters. The third-order valence-corrected chi connectivity index (χ3v) is 3.26. The fourth-order valence-corrected chi connectivity index (χ4v) is 2.30. The number of rotatable bonds is 3. The van der Waals surface area contributed by atoms with Gasteiger partial charge in [0.2, 0.25) is 0 Å². The van der Waals surface area contributed by atoms with E-state index in [1.54, 1.807) is 0 Å². The molecule has 0 aromatic carbocycles. The van der Waals surface area contributed by atoms with Gasteiger partial charge in [0, 0.05) is 37.6 Å². The number of morpholine rings is 1. The molecule has 1 fully saturated rings. The molecular formula is C13H21N3O. The van der Waals surface area contributed by atoms with E-state index >= 15 is 0 Å². The van der Waals surface area contributed by atoms with E-state index in [1.165, 1.54) is 5.56 Å². The van der Waals surface area contributed by atoms with Crippen molar-refractivity contribution in [2.24, 2.45) is 5.73 Å². The Bertz CT molecular complexity index is 352. The van der Waals surface area contributed by atoms with E-state index in [4.69, 9.17) is 10.5 Å². The van der Waals surface area contributed by atoms with Crippen molar-refractivity contribution in [3.8, 4) is 0 Å². The first-order chi connectivity index (χ1) is 8.20. The molecule has 94 valence electrons. The summed E-state index contributed by atoms with van der Waals surface area (Å²) in [5.41, 5.74) is 8.15. The molecule has 2 N–H and O–H groups in total. The molecule has 17 heavy (non-hydrogen) atoms. The number of aromatic nitrogens is 1. The van der Waals surface area contributed by atoms with E-state index in [-0.39, 0.29) is 12.1 Å². The van der Waals surface area contributed by atoms with Crippen LogP contribution in [0.15, 0.2) is 18.3 Å². The molecule has 1 saturated heterocycles. The molecule has 0 aliphatic carbocycles. The van der Waals surface area contributed by atoms with Crippen LogP contribution in [-0.2, 0) is 4.74 Å². The lowest BCUT2D eigenvalue weighted by molar-refractivity contribution is -0.0333. The number of nitrogens with zero attached hydrogens (tertiary/aromatic N) is 2. The normalized spacial score (nSPS) is 23.6. The Morgan fingerprint density at radius 1 is 1.59 bits per heavy atom. The second-order valence-corrected chi connectivity index (χ2v) is 4.66. The molecule has 4 nitrogen and oxygen atoms in total. The summed E-state index contributed by atoms with van der Waals surface area (Å²) in [7, 11) is 0. The van der Waals surface area contributed by atoms with Crippen molar-refractivity contribution in [1.82, 2.24) is 9.88 Å². The van der Waals surface area contributed by atoms with E-state index in [9.17, 15) is 0 Å². The maximum Gasteiger partial charge on any atom is 0.0674 e. The first-order valence-corrected chi connectivity index (χ1v) is 6.19. The molecule has 0 radical (unpaired) electrons. The largest absolute Gasteiger partial charge is 0.376 e. The summed E-state index contributed by atoms with van der Waals surface area (Å²) in [4.78, 5) is 6.74. The Morgan fingerprint density at radius 2 is 2.41 bits per heavy atom. The van der Waals surface area contributed by atoms with Crippen molar-refractivity contribution in [1.29, 1.82) is 0 Å². The summed E-state index contributed by atoms with van der Waals surface area (Å²) in [6.07, 6.45) is 2.23. The number of ether oxygens (including phenoxy) is 1. The lowest BCUT2D eigenvalue weighted by Crippen LogP contribution is -2.45. The molecule has 1 aromatic rings. The minimum Gasteiger partial charge on any atom is -0.376 e. The zero-order valence-corrected chi connectivity index (χ0v) is 10.6. The van der Waals surface area contributed by atoms with Crippen molar-refractivity contribution >= 4 is 0 Å². The van der Waals surface area contributed by atoms with Crippen molar-refractivity contribution in [3.05, 3.63) is 29.6 Å². The molecule has 0 amide bonds. The highest BCUT2D eigenvalue weighted by Gasteiger charge is 2.24. The standard InChI is InChI=1S/C13H21N3O/c1-10-3-4-12(8-15-10)13(7-14)16-5-6-17-11(2)9-16/h3-4,8,11,13H,5-7,9,14H2,1-2H3. The van der Waals surface area contributed by atoms with Gasteiger partial charge in [0.1, 0.15) is 0 Å². The fourth-order valence-electron chi connectivity index (χ4n) is 2.30. The quantitative estimate of drug-likeness (QED) is 0.852. The average Bonchev–Trinajstić information content (AvgIpc) is 2.33. The second-order valence-electron chi connectivity index (χ2n) is 4.66. The number of hydrogen-bond acceptors (Lipinski definition) is 4. The van der Waals surface area contributed by atoms with Crippen molar-refractivity contribution in [3.63, 3.8) is 0 Å². The first-order valence-electron chi connectivity index (χ1n) is 6.19. The van der Waals surface area contributed by atoms with Gasteiger partial charge < -0.3 is 10.5 Å². The van der Waals surface area contributed by atoms with Crippen LogP contribution < -0.4 is 5.73 Å². The highest BCUT2D eigenvalue weighted by Crippen LogP contribution is 2.21. The van der Waals surface area contributed by atoms with Crippen LogP contribution in [0.4, 0.5) is 0 Å². The summed E-state index contributed by atoms with van der Waals surface area (Å²) < 4.78 is 5.56. The van der Waals surface area contributed by atoms with Gasteiger partial charge in [-0.2, -0.15) is 0 Å². The fraction of sp³-hybridized carbons (Fsp3) is 0.615. The molecule has 0 saturated carbocycles. The molecular weight excluding hydrogens is 214 g/mol. The van der Waals surface area contributed by atoms with Gasteiger partial charge in [-0.15, -0.1) is 0 Å². The third-order valence-electron chi connectivity index (χ3n) is 3.26. The van der Waals surface area contributed by atoms with E-state index in [1.807, 2.05) is 19.2 Å². The number of aryl methyl sites for hydroxylation is 1. The molecule has 4 heteroatoms. The lowest BCUT2D eigenvalue weighted by atomic mass is 10.1. The summed E-state index contributed by atoms with van der Waals surface area (Å²) in [6, 6.07) is 4.43. The van der Waals surface area contributed by atoms with E-state index < -0.39 is 0 Å². The maximum absolute atomic E-state index is 5.91. The summed E-state index contributed by atoms with van der Waals surface area (Å²) >= 11 is 0. The van der Waals surface area contributed by atoms with Crippen molar-refractivity contribution < 1.29 is 4.74 Å². The monoisotopic (exact) mass is 235 g/mol. The van der Waals surface area contributed by atoms with Crippen LogP contribution in [0.2, 0.25) is 0 Å².